The predicted molar refractivity (Wildman–Crippen MR) is 101 cm³/mol. The molecule has 27 heavy (non-hydrogen) atoms. The number of carbonyl (C=O) groups is 1. The molecule has 4 nitrogen and oxygen atoms in total. The highest BCUT2D eigenvalue weighted by Crippen LogP contribution is 2.12. The van der Waals surface area contributed by atoms with Crippen LogP contribution < -0.4 is 10.9 Å². The van der Waals surface area contributed by atoms with Crippen molar-refractivity contribution in [2.75, 3.05) is 0 Å². The maximum atomic E-state index is 13.4. The molecule has 1 heterocycles. The molecular weight excluding hydrogens is 418 g/mol. The highest BCUT2D eigenvalue weighted by atomic mass is 79.9. The lowest BCUT2D eigenvalue weighted by molar-refractivity contribution is 0.0949. The molecular formula is C20H15BrF2N2O2. The highest BCUT2D eigenvalue weighted by Gasteiger charge is 2.13. The van der Waals surface area contributed by atoms with Crippen LogP contribution in [0, 0.1) is 11.6 Å². The van der Waals surface area contributed by atoms with Gasteiger partial charge in [0.25, 0.3) is 11.5 Å². The Labute approximate surface area is 162 Å². The van der Waals surface area contributed by atoms with Crippen molar-refractivity contribution in [1.82, 2.24) is 9.88 Å². The standard InChI is InChI=1S/C20H15BrF2N2O2/c21-15-4-1-3-13(9-15)11-24-19(26)16-5-2-8-25(20(16)27)12-14-6-7-17(22)18(23)10-14/h1-10H,11-12H2,(H,24,26). The van der Waals surface area contributed by atoms with Crippen LogP contribution in [-0.2, 0) is 13.1 Å². The zero-order valence-corrected chi connectivity index (χ0v) is 15.7. The van der Waals surface area contributed by atoms with E-state index in [-0.39, 0.29) is 18.7 Å². The molecule has 0 saturated heterocycles. The van der Waals surface area contributed by atoms with E-state index >= 15 is 0 Å². The van der Waals surface area contributed by atoms with Crippen LogP contribution in [0.15, 0.2) is 70.1 Å². The SMILES string of the molecule is O=C(NCc1cccc(Br)c1)c1cccn(Cc2ccc(F)c(F)c2)c1=O. The summed E-state index contributed by atoms with van der Waals surface area (Å²) in [7, 11) is 0. The first kappa shape index (κ1) is 19.0. The molecule has 0 atom stereocenters. The maximum Gasteiger partial charge on any atom is 0.263 e. The van der Waals surface area contributed by atoms with Crippen molar-refractivity contribution in [3.05, 3.63) is 104 Å². The minimum atomic E-state index is -0.983. The van der Waals surface area contributed by atoms with Gasteiger partial charge in [0.15, 0.2) is 11.6 Å². The van der Waals surface area contributed by atoms with Gasteiger partial charge in [-0.25, -0.2) is 8.78 Å². The summed E-state index contributed by atoms with van der Waals surface area (Å²) in [4.78, 5) is 24.9. The number of halogens is 3. The minimum Gasteiger partial charge on any atom is -0.348 e. The van der Waals surface area contributed by atoms with Gasteiger partial charge < -0.3 is 9.88 Å². The van der Waals surface area contributed by atoms with Crippen LogP contribution in [-0.4, -0.2) is 10.5 Å². The van der Waals surface area contributed by atoms with Crippen LogP contribution >= 0.6 is 15.9 Å². The summed E-state index contributed by atoms with van der Waals surface area (Å²) < 4.78 is 28.6. The Morgan fingerprint density at radius 3 is 2.56 bits per heavy atom. The molecule has 2 aromatic carbocycles. The smallest absolute Gasteiger partial charge is 0.263 e. The first-order valence-electron chi connectivity index (χ1n) is 8.10. The number of amides is 1. The molecule has 0 spiro atoms. The molecule has 3 rings (SSSR count). The molecule has 1 aromatic heterocycles. The van der Waals surface area contributed by atoms with E-state index < -0.39 is 23.1 Å². The topological polar surface area (TPSA) is 51.1 Å². The Morgan fingerprint density at radius 2 is 1.81 bits per heavy atom. The molecule has 0 saturated carbocycles. The number of benzene rings is 2. The third kappa shape index (κ3) is 4.68. The Bertz CT molecular complexity index is 1050. The molecule has 0 aliphatic heterocycles. The average molecular weight is 433 g/mol. The van der Waals surface area contributed by atoms with E-state index in [1.54, 1.807) is 6.07 Å². The van der Waals surface area contributed by atoms with Gasteiger partial charge in [0, 0.05) is 17.2 Å². The molecule has 0 unspecified atom stereocenters. The summed E-state index contributed by atoms with van der Waals surface area (Å²) in [6.07, 6.45) is 1.49. The first-order valence-corrected chi connectivity index (χ1v) is 8.89. The number of nitrogens with one attached hydrogen (secondary N) is 1. The van der Waals surface area contributed by atoms with Gasteiger partial charge in [-0.15, -0.1) is 0 Å². The van der Waals surface area contributed by atoms with E-state index in [0.29, 0.717) is 5.56 Å². The van der Waals surface area contributed by atoms with Crippen LogP contribution in [0.25, 0.3) is 0 Å². The third-order valence-corrected chi connectivity index (χ3v) is 4.44. The van der Waals surface area contributed by atoms with E-state index in [1.807, 2.05) is 24.3 Å². The van der Waals surface area contributed by atoms with Crippen LogP contribution in [0.4, 0.5) is 8.78 Å². The largest absolute Gasteiger partial charge is 0.348 e. The fourth-order valence-corrected chi connectivity index (χ4v) is 3.04. The lowest BCUT2D eigenvalue weighted by atomic mass is 10.2. The molecule has 0 aliphatic carbocycles. The number of aromatic nitrogens is 1. The fraction of sp³-hybridized carbons (Fsp3) is 0.100. The van der Waals surface area contributed by atoms with Gasteiger partial charge in [-0.1, -0.05) is 34.1 Å². The van der Waals surface area contributed by atoms with Gasteiger partial charge in [0.2, 0.25) is 0 Å². The van der Waals surface area contributed by atoms with Crippen molar-refractivity contribution in [1.29, 1.82) is 0 Å². The van der Waals surface area contributed by atoms with E-state index in [0.717, 1.165) is 22.2 Å². The van der Waals surface area contributed by atoms with Crippen molar-refractivity contribution in [2.45, 2.75) is 13.1 Å². The number of pyridine rings is 1. The van der Waals surface area contributed by atoms with Crippen LogP contribution in [0.5, 0.6) is 0 Å². The summed E-state index contributed by atoms with van der Waals surface area (Å²) >= 11 is 3.36. The van der Waals surface area contributed by atoms with Crippen LogP contribution in [0.2, 0.25) is 0 Å². The zero-order valence-electron chi connectivity index (χ0n) is 14.1. The molecule has 0 aliphatic rings. The van der Waals surface area contributed by atoms with Gasteiger partial charge in [-0.05, 0) is 47.5 Å². The first-order chi connectivity index (χ1) is 12.9. The lowest BCUT2D eigenvalue weighted by Crippen LogP contribution is -2.32. The minimum absolute atomic E-state index is 0.0184. The Hall–Kier alpha value is -2.80. The molecule has 7 heteroatoms. The second kappa shape index (κ2) is 8.26. The fourth-order valence-electron chi connectivity index (χ4n) is 2.59. The van der Waals surface area contributed by atoms with Crippen molar-refractivity contribution >= 4 is 21.8 Å². The second-order valence-electron chi connectivity index (χ2n) is 5.92. The van der Waals surface area contributed by atoms with E-state index in [2.05, 4.69) is 21.2 Å². The second-order valence-corrected chi connectivity index (χ2v) is 6.83. The molecule has 0 radical (unpaired) electrons. The number of nitrogens with zero attached hydrogens (tertiary/aromatic N) is 1. The molecule has 0 fully saturated rings. The summed E-state index contributed by atoms with van der Waals surface area (Å²) in [5.74, 6) is -2.44. The predicted octanol–water partition coefficient (Wildman–Crippen LogP) is 3.87. The van der Waals surface area contributed by atoms with Gasteiger partial charge >= 0.3 is 0 Å². The normalized spacial score (nSPS) is 10.6. The number of hydrogen-bond acceptors (Lipinski definition) is 2. The summed E-state index contributed by atoms with van der Waals surface area (Å²) in [5, 5.41) is 2.71. The zero-order chi connectivity index (χ0) is 19.4. The van der Waals surface area contributed by atoms with Crippen LogP contribution in [0.3, 0.4) is 0 Å². The van der Waals surface area contributed by atoms with Gasteiger partial charge in [-0.3, -0.25) is 9.59 Å². The summed E-state index contributed by atoms with van der Waals surface area (Å²) in [6, 6.07) is 13.9. The Kier molecular flexibility index (Phi) is 5.81. The summed E-state index contributed by atoms with van der Waals surface area (Å²) in [5.41, 5.74) is 0.780. The van der Waals surface area contributed by atoms with Gasteiger partial charge in [0.1, 0.15) is 5.56 Å². The molecule has 138 valence electrons. The number of rotatable bonds is 5. The van der Waals surface area contributed by atoms with E-state index in [4.69, 9.17) is 0 Å². The van der Waals surface area contributed by atoms with E-state index in [9.17, 15) is 18.4 Å². The van der Waals surface area contributed by atoms with Crippen molar-refractivity contribution < 1.29 is 13.6 Å². The van der Waals surface area contributed by atoms with Crippen molar-refractivity contribution in [3.63, 3.8) is 0 Å². The average Bonchev–Trinajstić information content (AvgIpc) is 2.64. The van der Waals surface area contributed by atoms with E-state index in [1.165, 1.54) is 22.9 Å². The van der Waals surface area contributed by atoms with Crippen molar-refractivity contribution in [2.24, 2.45) is 0 Å². The van der Waals surface area contributed by atoms with Gasteiger partial charge in [0.05, 0.1) is 6.54 Å². The monoisotopic (exact) mass is 432 g/mol. The number of hydrogen-bond donors (Lipinski definition) is 1. The molecule has 0 bridgehead atoms. The quantitative estimate of drug-likeness (QED) is 0.665. The third-order valence-electron chi connectivity index (χ3n) is 3.94. The molecule has 3 aromatic rings. The maximum absolute atomic E-state index is 13.4. The van der Waals surface area contributed by atoms with Gasteiger partial charge in [-0.2, -0.15) is 0 Å². The summed E-state index contributed by atoms with van der Waals surface area (Å²) in [6.45, 7) is 0.304. The number of carbonyl (C=O) groups excluding carboxylic acids is 1. The molecule has 1 amide bonds. The van der Waals surface area contributed by atoms with Crippen molar-refractivity contribution in [3.8, 4) is 0 Å². The highest BCUT2D eigenvalue weighted by molar-refractivity contribution is 9.10. The van der Waals surface area contributed by atoms with Crippen LogP contribution in [0.1, 0.15) is 21.5 Å². The lowest BCUT2D eigenvalue weighted by Gasteiger charge is -2.09. The Morgan fingerprint density at radius 1 is 1.00 bits per heavy atom. The molecule has 1 N–H and O–H groups in total. The Balaban J connectivity index is 1.76.